The summed E-state index contributed by atoms with van der Waals surface area (Å²) in [6, 6.07) is 8.63. The summed E-state index contributed by atoms with van der Waals surface area (Å²) in [4.78, 5) is 30.8. The number of hydrogen-bond acceptors (Lipinski definition) is 5. The highest BCUT2D eigenvalue weighted by Crippen LogP contribution is 2.37. The van der Waals surface area contributed by atoms with E-state index in [1.165, 1.54) is 48.4 Å². The summed E-state index contributed by atoms with van der Waals surface area (Å²) < 4.78 is 0. The van der Waals surface area contributed by atoms with Crippen molar-refractivity contribution in [3.8, 4) is 0 Å². The van der Waals surface area contributed by atoms with Crippen LogP contribution >= 0.6 is 11.3 Å². The molecule has 1 aromatic heterocycles. The Morgan fingerprint density at radius 2 is 1.75 bits per heavy atom. The first-order valence-corrected chi connectivity index (χ1v) is 14.2. The molecule has 8 heteroatoms. The fourth-order valence-corrected chi connectivity index (χ4v) is 6.56. The van der Waals surface area contributed by atoms with Crippen LogP contribution in [0.15, 0.2) is 24.3 Å². The van der Waals surface area contributed by atoms with Crippen molar-refractivity contribution in [3.63, 3.8) is 0 Å². The number of nitrogens with zero attached hydrogens (tertiary/aromatic N) is 2. The number of rotatable bonds is 11. The fourth-order valence-electron chi connectivity index (χ4n) is 5.27. The Hall–Kier alpha value is -2.42. The number of anilines is 1. The molecule has 3 heterocycles. The maximum absolute atomic E-state index is 12.5. The minimum atomic E-state index is -0.470. The number of thiophene rings is 1. The van der Waals surface area contributed by atoms with Crippen LogP contribution in [0, 0.1) is 5.92 Å². The summed E-state index contributed by atoms with van der Waals surface area (Å²) in [5.74, 6) is 0.182. The van der Waals surface area contributed by atoms with Gasteiger partial charge in [-0.05, 0) is 80.8 Å². The van der Waals surface area contributed by atoms with Gasteiger partial charge in [-0.25, -0.2) is 4.79 Å². The molecule has 0 unspecified atom stereocenters. The van der Waals surface area contributed by atoms with E-state index in [9.17, 15) is 9.59 Å². The van der Waals surface area contributed by atoms with Crippen LogP contribution in [0.2, 0.25) is 0 Å². The Morgan fingerprint density at radius 3 is 2.44 bits per heavy atom. The molecule has 4 rings (SSSR count). The molecule has 1 aromatic carbocycles. The average Bonchev–Trinajstić information content (AvgIpc) is 3.47. The molecule has 2 aromatic rings. The lowest BCUT2D eigenvalue weighted by Gasteiger charge is -2.27. The molecule has 1 saturated heterocycles. The van der Waals surface area contributed by atoms with Crippen molar-refractivity contribution in [2.75, 3.05) is 38.0 Å². The van der Waals surface area contributed by atoms with Gasteiger partial charge in [0, 0.05) is 31.1 Å². The zero-order valence-corrected chi connectivity index (χ0v) is 22.6. The van der Waals surface area contributed by atoms with Gasteiger partial charge in [0.2, 0.25) is 0 Å². The van der Waals surface area contributed by atoms with Gasteiger partial charge in [-0.3, -0.25) is 15.0 Å². The lowest BCUT2D eigenvalue weighted by molar-refractivity contribution is 0.0999. The molecule has 4 N–H and O–H groups in total. The number of likely N-dealkylation sites (tertiary alicyclic amines) is 1. The minimum absolute atomic E-state index is 0.268. The van der Waals surface area contributed by atoms with Crippen LogP contribution < -0.4 is 16.4 Å². The number of nitrogens with two attached hydrogens (primary N) is 1. The highest BCUT2D eigenvalue weighted by molar-refractivity contribution is 7.17. The van der Waals surface area contributed by atoms with Gasteiger partial charge in [0.15, 0.2) is 0 Å². The van der Waals surface area contributed by atoms with Crippen LogP contribution in [-0.2, 0) is 25.9 Å². The van der Waals surface area contributed by atoms with Gasteiger partial charge in [0.05, 0.1) is 5.56 Å². The zero-order valence-electron chi connectivity index (χ0n) is 21.8. The van der Waals surface area contributed by atoms with E-state index in [-0.39, 0.29) is 6.03 Å². The van der Waals surface area contributed by atoms with Crippen molar-refractivity contribution in [2.45, 2.75) is 65.5 Å². The van der Waals surface area contributed by atoms with Crippen LogP contribution in [0.4, 0.5) is 9.80 Å². The van der Waals surface area contributed by atoms with Crippen molar-refractivity contribution < 1.29 is 9.59 Å². The van der Waals surface area contributed by atoms with Crippen molar-refractivity contribution in [1.82, 2.24) is 15.1 Å². The quantitative estimate of drug-likeness (QED) is 0.385. The van der Waals surface area contributed by atoms with E-state index >= 15 is 0 Å². The maximum atomic E-state index is 12.5. The highest BCUT2D eigenvalue weighted by atomic mass is 32.1. The SMILES string of the molecule is CC(C)Cc1ccc(CN2CCc3c(sc(NC(=O)NCCCCN4CCCC4)c3C(N)=O)C2)cc1. The van der Waals surface area contributed by atoms with Crippen LogP contribution in [0.25, 0.3) is 0 Å². The lowest BCUT2D eigenvalue weighted by Crippen LogP contribution is -2.31. The molecule has 36 heavy (non-hydrogen) atoms. The number of urea groups is 1. The predicted molar refractivity (Wildman–Crippen MR) is 148 cm³/mol. The van der Waals surface area contributed by atoms with E-state index in [0.29, 0.717) is 23.0 Å². The first-order chi connectivity index (χ1) is 17.4. The molecular formula is C28H41N5O2S. The van der Waals surface area contributed by atoms with Gasteiger partial charge in [-0.1, -0.05) is 38.1 Å². The number of fused-ring (bicyclic) bond motifs is 1. The van der Waals surface area contributed by atoms with E-state index in [4.69, 9.17) is 5.73 Å². The Kier molecular flexibility index (Phi) is 9.40. The van der Waals surface area contributed by atoms with Crippen LogP contribution in [0.3, 0.4) is 0 Å². The van der Waals surface area contributed by atoms with E-state index in [1.807, 2.05) is 0 Å². The Balaban J connectivity index is 1.30. The minimum Gasteiger partial charge on any atom is -0.365 e. The van der Waals surface area contributed by atoms with E-state index in [1.54, 1.807) is 0 Å². The number of amides is 3. The third-order valence-electron chi connectivity index (χ3n) is 7.07. The number of benzene rings is 1. The molecule has 2 aliphatic heterocycles. The van der Waals surface area contributed by atoms with Gasteiger partial charge in [0.1, 0.15) is 5.00 Å². The number of carbonyl (C=O) groups excluding carboxylic acids is 2. The van der Waals surface area contributed by atoms with Crippen LogP contribution in [0.1, 0.15) is 71.5 Å². The second-order valence-corrected chi connectivity index (χ2v) is 11.7. The molecule has 1 fully saturated rings. The Morgan fingerprint density at radius 1 is 1.03 bits per heavy atom. The maximum Gasteiger partial charge on any atom is 0.319 e. The van der Waals surface area contributed by atoms with E-state index < -0.39 is 5.91 Å². The molecule has 7 nitrogen and oxygen atoms in total. The fraction of sp³-hybridized carbons (Fsp3) is 0.571. The van der Waals surface area contributed by atoms with Crippen molar-refractivity contribution in [2.24, 2.45) is 11.7 Å². The summed E-state index contributed by atoms with van der Waals surface area (Å²) in [5, 5.41) is 6.41. The van der Waals surface area contributed by atoms with Gasteiger partial charge in [0.25, 0.3) is 5.91 Å². The second-order valence-electron chi connectivity index (χ2n) is 10.6. The topological polar surface area (TPSA) is 90.7 Å². The third-order valence-corrected chi connectivity index (χ3v) is 8.20. The van der Waals surface area contributed by atoms with Gasteiger partial charge < -0.3 is 16.0 Å². The molecule has 0 radical (unpaired) electrons. The van der Waals surface area contributed by atoms with Crippen LogP contribution in [0.5, 0.6) is 0 Å². The molecule has 2 aliphatic rings. The number of nitrogens with one attached hydrogen (secondary N) is 2. The standard InChI is InChI=1S/C28H41N5O2S/c1-20(2)17-21-7-9-22(10-8-21)18-33-16-11-23-24(19-33)36-27(25(23)26(29)34)31-28(35)30-12-3-4-13-32-14-5-6-15-32/h7-10,20H,3-6,11-19H2,1-2H3,(H2,29,34)(H2,30,31,35). The van der Waals surface area contributed by atoms with Crippen molar-refractivity contribution in [1.29, 1.82) is 0 Å². The molecular weight excluding hydrogens is 470 g/mol. The number of unbranched alkanes of at least 4 members (excludes halogenated alkanes) is 1. The van der Waals surface area contributed by atoms with Crippen molar-refractivity contribution >= 4 is 28.3 Å². The van der Waals surface area contributed by atoms with E-state index in [0.717, 1.165) is 62.3 Å². The molecule has 0 spiro atoms. The average molecular weight is 512 g/mol. The Bertz CT molecular complexity index is 1030. The van der Waals surface area contributed by atoms with Gasteiger partial charge in [-0.15, -0.1) is 11.3 Å². The number of primary amides is 1. The molecule has 196 valence electrons. The highest BCUT2D eigenvalue weighted by Gasteiger charge is 2.27. The van der Waals surface area contributed by atoms with Gasteiger partial charge >= 0.3 is 6.03 Å². The van der Waals surface area contributed by atoms with Gasteiger partial charge in [-0.2, -0.15) is 0 Å². The Labute approximate surface area is 219 Å². The zero-order chi connectivity index (χ0) is 25.5. The smallest absolute Gasteiger partial charge is 0.319 e. The summed E-state index contributed by atoms with van der Waals surface area (Å²) in [6.07, 6.45) is 6.49. The monoisotopic (exact) mass is 511 g/mol. The number of carbonyl (C=O) groups is 2. The molecule has 0 bridgehead atoms. The molecule has 3 amide bonds. The summed E-state index contributed by atoms with van der Waals surface area (Å²) in [5.41, 5.74) is 9.89. The van der Waals surface area contributed by atoms with Crippen molar-refractivity contribution in [3.05, 3.63) is 51.4 Å². The first-order valence-electron chi connectivity index (χ1n) is 13.4. The second kappa shape index (κ2) is 12.7. The van der Waals surface area contributed by atoms with E-state index in [2.05, 4.69) is 58.5 Å². The predicted octanol–water partition coefficient (Wildman–Crippen LogP) is 4.60. The molecule has 0 aliphatic carbocycles. The molecule has 0 atom stereocenters. The summed E-state index contributed by atoms with van der Waals surface area (Å²) in [7, 11) is 0. The summed E-state index contributed by atoms with van der Waals surface area (Å²) in [6.45, 7) is 11.1. The lowest BCUT2D eigenvalue weighted by atomic mass is 10.0. The molecule has 0 saturated carbocycles. The van der Waals surface area contributed by atoms with Crippen LogP contribution in [-0.4, -0.2) is 54.5 Å². The normalized spacial score (nSPS) is 16.3. The number of hydrogen-bond donors (Lipinski definition) is 3. The largest absolute Gasteiger partial charge is 0.365 e. The third kappa shape index (κ3) is 7.31. The summed E-state index contributed by atoms with van der Waals surface area (Å²) >= 11 is 1.48. The first kappa shape index (κ1) is 26.6.